The Morgan fingerprint density at radius 2 is 1.73 bits per heavy atom. The van der Waals surface area contributed by atoms with Gasteiger partial charge in [0.25, 0.3) is 5.91 Å². The molecule has 2 amide bonds. The van der Waals surface area contributed by atoms with Gasteiger partial charge < -0.3 is 9.47 Å². The van der Waals surface area contributed by atoms with E-state index in [-0.39, 0.29) is 23.7 Å². The van der Waals surface area contributed by atoms with Gasteiger partial charge in [-0.2, -0.15) is 15.1 Å². The summed E-state index contributed by atoms with van der Waals surface area (Å²) in [5, 5.41) is 19.0. The molecule has 3 aliphatic heterocycles. The lowest BCUT2D eigenvalue weighted by Crippen LogP contribution is -2.35. The first-order valence-electron chi connectivity index (χ1n) is 13.4. The molecule has 3 aromatic carbocycles. The van der Waals surface area contributed by atoms with Crippen molar-refractivity contribution in [3.63, 3.8) is 0 Å². The van der Waals surface area contributed by atoms with Crippen LogP contribution in [-0.2, 0) is 16.1 Å². The molecule has 0 aliphatic carbocycles. The van der Waals surface area contributed by atoms with Crippen LogP contribution in [0.2, 0.25) is 0 Å². The number of nitrogens with one attached hydrogen (secondary N) is 1. The molecule has 40 heavy (non-hydrogen) atoms. The van der Waals surface area contributed by atoms with Crippen LogP contribution in [0, 0.1) is 5.41 Å². The average Bonchev–Trinajstić information content (AvgIpc) is 3.71. The number of aromatic nitrogens is 1. The minimum atomic E-state index is -0.475. The first-order chi connectivity index (χ1) is 19.5. The number of carbonyl (C=O) groups is 2. The lowest BCUT2D eigenvalue weighted by Gasteiger charge is -2.20. The van der Waals surface area contributed by atoms with Crippen molar-refractivity contribution in [2.75, 3.05) is 13.1 Å². The van der Waals surface area contributed by atoms with Crippen LogP contribution in [0.5, 0.6) is 0 Å². The Morgan fingerprint density at radius 3 is 2.58 bits per heavy atom. The predicted molar refractivity (Wildman–Crippen MR) is 160 cm³/mol. The number of rotatable bonds is 5. The van der Waals surface area contributed by atoms with Gasteiger partial charge in [-0.1, -0.05) is 60.7 Å². The molecule has 1 aromatic heterocycles. The molecule has 7 rings (SSSR count). The highest BCUT2D eigenvalue weighted by Crippen LogP contribution is 2.32. The summed E-state index contributed by atoms with van der Waals surface area (Å²) in [4.78, 5) is 31.8. The van der Waals surface area contributed by atoms with Crippen molar-refractivity contribution in [2.45, 2.75) is 25.8 Å². The zero-order chi connectivity index (χ0) is 27.2. The second-order valence-corrected chi connectivity index (χ2v) is 11.2. The van der Waals surface area contributed by atoms with Crippen LogP contribution in [0.25, 0.3) is 27.8 Å². The van der Waals surface area contributed by atoms with Crippen LogP contribution in [0.1, 0.15) is 30.4 Å². The van der Waals surface area contributed by atoms with Crippen molar-refractivity contribution in [1.82, 2.24) is 14.5 Å². The maximum atomic E-state index is 13.1. The summed E-state index contributed by atoms with van der Waals surface area (Å²) in [5.74, 6) is -0.481. The van der Waals surface area contributed by atoms with Gasteiger partial charge in [0, 0.05) is 42.3 Å². The number of nitrogens with zero attached hydrogens (tertiary/aromatic N) is 5. The van der Waals surface area contributed by atoms with E-state index in [1.54, 1.807) is 6.08 Å². The largest absolute Gasteiger partial charge is 0.342 e. The summed E-state index contributed by atoms with van der Waals surface area (Å²) in [6.07, 6.45) is 5.97. The third-order valence-corrected chi connectivity index (χ3v) is 8.51. The number of amidine groups is 2. The zero-order valence-electron chi connectivity index (χ0n) is 21.7. The number of amides is 2. The molecule has 1 fully saturated rings. The summed E-state index contributed by atoms with van der Waals surface area (Å²) in [7, 11) is 0. The predicted octanol–water partition coefficient (Wildman–Crippen LogP) is 5.47. The van der Waals surface area contributed by atoms with Crippen molar-refractivity contribution in [1.29, 1.82) is 5.41 Å². The van der Waals surface area contributed by atoms with E-state index in [9.17, 15) is 9.59 Å². The van der Waals surface area contributed by atoms with Gasteiger partial charge in [-0.3, -0.25) is 15.0 Å². The fourth-order valence-electron chi connectivity index (χ4n) is 5.60. The molecule has 1 N–H and O–H groups in total. The molecule has 0 spiro atoms. The third kappa shape index (κ3) is 4.32. The standard InChI is InChI=1S/C31H26N6O2S/c32-29-25(30(39)33-31-37(29)34-27(40-31)17-28(38)35-14-5-6-15-35)16-22-19-36(26-13-4-3-12-24(22)26)18-21-10-7-9-20-8-1-2-11-23(20)21/h1-4,7-13,16,19,32H,5-6,14-15,17-18H2/b25-16+,32-29?. The summed E-state index contributed by atoms with van der Waals surface area (Å²) < 4.78 is 2.18. The highest BCUT2D eigenvalue weighted by Gasteiger charge is 2.36. The molecule has 0 bridgehead atoms. The van der Waals surface area contributed by atoms with Crippen molar-refractivity contribution >= 4 is 67.4 Å². The van der Waals surface area contributed by atoms with Gasteiger partial charge in [-0.25, -0.2) is 0 Å². The van der Waals surface area contributed by atoms with E-state index in [2.05, 4.69) is 57.1 Å². The van der Waals surface area contributed by atoms with Crippen molar-refractivity contribution in [2.24, 2.45) is 10.1 Å². The minimum Gasteiger partial charge on any atom is -0.342 e. The van der Waals surface area contributed by atoms with Crippen molar-refractivity contribution in [3.05, 3.63) is 89.6 Å². The van der Waals surface area contributed by atoms with Crippen LogP contribution in [0.15, 0.2) is 88.6 Å². The Morgan fingerprint density at radius 1 is 0.975 bits per heavy atom. The Balaban J connectivity index is 1.20. The normalized spacial score (nSPS) is 18.1. The van der Waals surface area contributed by atoms with E-state index in [0.717, 1.165) is 42.4 Å². The number of hydrogen-bond acceptors (Lipinski definition) is 5. The van der Waals surface area contributed by atoms with Crippen LogP contribution in [0.4, 0.5) is 0 Å². The quantitative estimate of drug-likeness (QED) is 0.336. The van der Waals surface area contributed by atoms with E-state index >= 15 is 0 Å². The van der Waals surface area contributed by atoms with Crippen LogP contribution >= 0.6 is 11.8 Å². The molecule has 0 unspecified atom stereocenters. The van der Waals surface area contributed by atoms with Gasteiger partial charge in [0.05, 0.1) is 12.0 Å². The van der Waals surface area contributed by atoms with Crippen LogP contribution in [-0.4, -0.2) is 55.4 Å². The van der Waals surface area contributed by atoms with Gasteiger partial charge in [0.15, 0.2) is 5.84 Å². The van der Waals surface area contributed by atoms with E-state index < -0.39 is 5.91 Å². The summed E-state index contributed by atoms with van der Waals surface area (Å²) in [5.41, 5.74) is 3.25. The van der Waals surface area contributed by atoms with Crippen molar-refractivity contribution in [3.8, 4) is 0 Å². The summed E-state index contributed by atoms with van der Waals surface area (Å²) in [6, 6.07) is 22.8. The molecular formula is C31H26N6O2S. The van der Waals surface area contributed by atoms with Gasteiger partial charge in [0.2, 0.25) is 11.1 Å². The Bertz CT molecular complexity index is 1810. The molecule has 4 heterocycles. The maximum absolute atomic E-state index is 13.1. The number of benzene rings is 3. The van der Waals surface area contributed by atoms with Gasteiger partial charge in [-0.15, -0.1) is 0 Å². The zero-order valence-corrected chi connectivity index (χ0v) is 22.5. The molecule has 0 saturated carbocycles. The molecule has 0 atom stereocenters. The first-order valence-corrected chi connectivity index (χ1v) is 14.2. The number of hydrazone groups is 1. The minimum absolute atomic E-state index is 0.0248. The number of hydrogen-bond donors (Lipinski definition) is 1. The molecule has 198 valence electrons. The van der Waals surface area contributed by atoms with Crippen LogP contribution < -0.4 is 0 Å². The smallest absolute Gasteiger partial charge is 0.283 e. The molecule has 8 nitrogen and oxygen atoms in total. The number of carbonyl (C=O) groups excluding carboxylic acids is 2. The second-order valence-electron chi connectivity index (χ2n) is 10.1. The molecule has 0 radical (unpaired) electrons. The second kappa shape index (κ2) is 9.91. The monoisotopic (exact) mass is 546 g/mol. The van der Waals surface area contributed by atoms with E-state index in [1.165, 1.54) is 33.1 Å². The molecular weight excluding hydrogens is 520 g/mol. The topological polar surface area (TPSA) is 94.1 Å². The number of aliphatic imine (C=N–C) groups is 1. The average molecular weight is 547 g/mol. The molecule has 4 aromatic rings. The van der Waals surface area contributed by atoms with Crippen molar-refractivity contribution < 1.29 is 9.59 Å². The first kappa shape index (κ1) is 24.5. The number of para-hydroxylation sites is 1. The number of fused-ring (bicyclic) bond motifs is 3. The van der Waals surface area contributed by atoms with Gasteiger partial charge >= 0.3 is 0 Å². The Hall–Kier alpha value is -4.50. The fraction of sp³-hybridized carbons (Fsp3) is 0.194. The summed E-state index contributed by atoms with van der Waals surface area (Å²) in [6.45, 7) is 2.22. The number of thioether (sulfide) groups is 1. The molecule has 9 heteroatoms. The fourth-order valence-corrected chi connectivity index (χ4v) is 6.48. The maximum Gasteiger partial charge on any atom is 0.283 e. The summed E-state index contributed by atoms with van der Waals surface area (Å²) >= 11 is 1.19. The van der Waals surface area contributed by atoms with E-state index in [1.807, 2.05) is 35.4 Å². The van der Waals surface area contributed by atoms with Gasteiger partial charge in [-0.05, 0) is 53.1 Å². The molecule has 1 saturated heterocycles. The Kier molecular flexibility index (Phi) is 6.08. The SMILES string of the molecule is N=C1/C(=C\c2cn(Cc3cccc4ccccc34)c3ccccc23)C(=O)N=C2SC(CC(=O)N3CCCC3)=NN12. The van der Waals surface area contributed by atoms with Gasteiger partial charge in [0.1, 0.15) is 5.04 Å². The van der Waals surface area contributed by atoms with E-state index in [4.69, 9.17) is 5.41 Å². The molecule has 3 aliphatic rings. The lowest BCUT2D eigenvalue weighted by atomic mass is 10.0. The highest BCUT2D eigenvalue weighted by molar-refractivity contribution is 8.27. The lowest BCUT2D eigenvalue weighted by molar-refractivity contribution is -0.128. The van der Waals surface area contributed by atoms with Crippen LogP contribution in [0.3, 0.4) is 0 Å². The van der Waals surface area contributed by atoms with E-state index in [0.29, 0.717) is 16.8 Å². The number of likely N-dealkylation sites (tertiary alicyclic amines) is 1. The Labute approximate surface area is 235 Å². The third-order valence-electron chi connectivity index (χ3n) is 7.60. The highest BCUT2D eigenvalue weighted by atomic mass is 32.2.